The van der Waals surface area contributed by atoms with Gasteiger partial charge in [0.25, 0.3) is 0 Å². The number of hydrogen-bond acceptors (Lipinski definition) is 4. The Kier molecular flexibility index (Phi) is 4.51. The quantitative estimate of drug-likeness (QED) is 0.874. The molecule has 0 aliphatic carbocycles. The number of likely N-dealkylation sites (tertiary alicyclic amines) is 1. The monoisotopic (exact) mass is 369 g/mol. The minimum Gasteiger partial charge on any atom is -0.464 e. The van der Waals surface area contributed by atoms with Gasteiger partial charge in [-0.3, -0.25) is 0 Å². The minimum atomic E-state index is -0.453. The van der Waals surface area contributed by atoms with E-state index in [1.54, 1.807) is 23.1 Å². The van der Waals surface area contributed by atoms with E-state index in [1.807, 2.05) is 36.4 Å². The van der Waals surface area contributed by atoms with E-state index in [-0.39, 0.29) is 12.1 Å². The van der Waals surface area contributed by atoms with E-state index in [1.165, 1.54) is 0 Å². The molecular weight excluding hydrogens is 346 g/mol. The summed E-state index contributed by atoms with van der Waals surface area (Å²) in [6.45, 7) is 1.81. The Morgan fingerprint density at radius 1 is 1.15 bits per heavy atom. The molecule has 7 nitrogen and oxygen atoms in total. The lowest BCUT2D eigenvalue weighted by atomic mass is 9.95. The highest BCUT2D eigenvalue weighted by atomic mass is 16.6. The lowest BCUT2D eigenvalue weighted by molar-refractivity contribution is 0.0454. The van der Waals surface area contributed by atoms with E-state index in [0.717, 1.165) is 29.9 Å². The molecule has 2 saturated heterocycles. The van der Waals surface area contributed by atoms with Crippen LogP contribution in [0.2, 0.25) is 0 Å². The summed E-state index contributed by atoms with van der Waals surface area (Å²) in [7, 11) is 1.75. The van der Waals surface area contributed by atoms with Gasteiger partial charge in [-0.05, 0) is 49.2 Å². The number of rotatable bonds is 2. The molecule has 3 amide bonds. The second kappa shape index (κ2) is 6.98. The molecule has 0 radical (unpaired) electrons. The van der Waals surface area contributed by atoms with Crippen LogP contribution in [0.5, 0.6) is 0 Å². The first-order chi connectivity index (χ1) is 13.0. The molecule has 2 aliphatic rings. The first-order valence-electron chi connectivity index (χ1n) is 9.19. The number of hydrogen-bond donors (Lipinski definition) is 1. The molecule has 1 spiro atoms. The maximum absolute atomic E-state index is 12.6. The van der Waals surface area contributed by atoms with Crippen molar-refractivity contribution in [3.63, 3.8) is 0 Å². The van der Waals surface area contributed by atoms with Crippen molar-refractivity contribution in [3.8, 4) is 11.3 Å². The maximum atomic E-state index is 12.6. The number of carbonyl (C=O) groups excluding carboxylic acids is 2. The Balaban J connectivity index is 1.36. The number of furan rings is 1. The topological polar surface area (TPSA) is 75.0 Å². The highest BCUT2D eigenvalue weighted by molar-refractivity contribution is 5.89. The molecule has 1 unspecified atom stereocenters. The van der Waals surface area contributed by atoms with Gasteiger partial charge in [0.2, 0.25) is 0 Å². The van der Waals surface area contributed by atoms with Crippen LogP contribution in [0.25, 0.3) is 11.3 Å². The van der Waals surface area contributed by atoms with Crippen molar-refractivity contribution in [1.29, 1.82) is 0 Å². The lowest BCUT2D eigenvalue weighted by Crippen LogP contribution is -2.38. The van der Waals surface area contributed by atoms with E-state index in [0.29, 0.717) is 26.1 Å². The SMILES string of the molecule is CN1CC2(CCCN(C(=O)Nc3ccc(-c4ccco4)cc3)CC2)OC1=O. The predicted octanol–water partition coefficient (Wildman–Crippen LogP) is 3.79. The van der Waals surface area contributed by atoms with Crippen LogP contribution in [0, 0.1) is 0 Å². The van der Waals surface area contributed by atoms with Gasteiger partial charge in [-0.25, -0.2) is 9.59 Å². The molecule has 3 heterocycles. The number of urea groups is 1. The molecule has 4 rings (SSSR count). The molecule has 1 aromatic heterocycles. The third kappa shape index (κ3) is 3.63. The van der Waals surface area contributed by atoms with Gasteiger partial charge in [0.05, 0.1) is 12.8 Å². The Labute approximate surface area is 157 Å². The van der Waals surface area contributed by atoms with Crippen molar-refractivity contribution < 1.29 is 18.7 Å². The predicted molar refractivity (Wildman–Crippen MR) is 100 cm³/mol. The Morgan fingerprint density at radius 2 is 1.96 bits per heavy atom. The van der Waals surface area contributed by atoms with Crippen LogP contribution in [0.15, 0.2) is 47.1 Å². The smallest absolute Gasteiger partial charge is 0.410 e. The van der Waals surface area contributed by atoms with Crippen molar-refractivity contribution in [3.05, 3.63) is 42.7 Å². The molecule has 27 heavy (non-hydrogen) atoms. The summed E-state index contributed by atoms with van der Waals surface area (Å²) in [5.41, 5.74) is 1.24. The van der Waals surface area contributed by atoms with E-state index in [4.69, 9.17) is 9.15 Å². The molecule has 2 aromatic rings. The molecule has 142 valence electrons. The fraction of sp³-hybridized carbons (Fsp3) is 0.400. The van der Waals surface area contributed by atoms with Gasteiger partial charge in [0.1, 0.15) is 11.4 Å². The third-order valence-corrected chi connectivity index (χ3v) is 5.27. The summed E-state index contributed by atoms with van der Waals surface area (Å²) >= 11 is 0. The molecule has 1 aromatic carbocycles. The number of benzene rings is 1. The molecule has 2 aliphatic heterocycles. The minimum absolute atomic E-state index is 0.129. The van der Waals surface area contributed by atoms with E-state index in [2.05, 4.69) is 5.32 Å². The van der Waals surface area contributed by atoms with Crippen LogP contribution < -0.4 is 5.32 Å². The summed E-state index contributed by atoms with van der Waals surface area (Å²) in [6.07, 6.45) is 3.62. The molecule has 7 heteroatoms. The third-order valence-electron chi connectivity index (χ3n) is 5.27. The summed E-state index contributed by atoms with van der Waals surface area (Å²) in [6, 6.07) is 11.2. The zero-order chi connectivity index (χ0) is 18.9. The van der Waals surface area contributed by atoms with Gasteiger partial charge in [0, 0.05) is 37.8 Å². The second-order valence-electron chi connectivity index (χ2n) is 7.23. The zero-order valence-corrected chi connectivity index (χ0v) is 15.3. The average molecular weight is 369 g/mol. The summed E-state index contributed by atoms with van der Waals surface area (Å²) in [5, 5.41) is 2.95. The van der Waals surface area contributed by atoms with Crippen molar-refractivity contribution >= 4 is 17.8 Å². The first kappa shape index (κ1) is 17.5. The van der Waals surface area contributed by atoms with Crippen LogP contribution in [-0.4, -0.2) is 54.2 Å². The number of carbonyl (C=O) groups is 2. The van der Waals surface area contributed by atoms with Crippen molar-refractivity contribution in [2.45, 2.75) is 24.9 Å². The summed E-state index contributed by atoms with van der Waals surface area (Å²) < 4.78 is 11.0. The average Bonchev–Trinajstić information content (AvgIpc) is 3.22. The van der Waals surface area contributed by atoms with Crippen LogP contribution >= 0.6 is 0 Å². The van der Waals surface area contributed by atoms with Gasteiger partial charge >= 0.3 is 12.1 Å². The molecule has 1 atom stereocenters. The number of nitrogens with one attached hydrogen (secondary N) is 1. The second-order valence-corrected chi connectivity index (χ2v) is 7.23. The Morgan fingerprint density at radius 3 is 2.63 bits per heavy atom. The van der Waals surface area contributed by atoms with Gasteiger partial charge in [-0.1, -0.05) is 0 Å². The standard InChI is InChI=1S/C20H23N3O4/c1-22-14-20(27-19(22)25)9-3-11-23(12-10-20)18(24)21-16-7-5-15(6-8-16)17-4-2-13-26-17/h2,4-8,13H,3,9-12,14H2,1H3,(H,21,24). The number of likely N-dealkylation sites (N-methyl/N-ethyl adjacent to an activating group) is 1. The number of amides is 3. The molecular formula is C20H23N3O4. The van der Waals surface area contributed by atoms with Crippen LogP contribution in [0.4, 0.5) is 15.3 Å². The summed E-state index contributed by atoms with van der Waals surface area (Å²) in [5.74, 6) is 0.793. The highest BCUT2D eigenvalue weighted by Gasteiger charge is 2.44. The zero-order valence-electron chi connectivity index (χ0n) is 15.3. The van der Waals surface area contributed by atoms with Crippen molar-refractivity contribution in [2.75, 3.05) is 32.0 Å². The van der Waals surface area contributed by atoms with E-state index >= 15 is 0 Å². The normalized spacial score (nSPS) is 22.6. The first-order valence-corrected chi connectivity index (χ1v) is 9.19. The summed E-state index contributed by atoms with van der Waals surface area (Å²) in [4.78, 5) is 27.8. The van der Waals surface area contributed by atoms with Crippen molar-refractivity contribution in [2.24, 2.45) is 0 Å². The van der Waals surface area contributed by atoms with Gasteiger partial charge in [-0.2, -0.15) is 0 Å². The molecule has 1 N–H and O–H groups in total. The van der Waals surface area contributed by atoms with Gasteiger partial charge < -0.3 is 24.3 Å². The molecule has 0 bridgehead atoms. The lowest BCUT2D eigenvalue weighted by Gasteiger charge is -2.25. The number of anilines is 1. The van der Waals surface area contributed by atoms with Gasteiger partial charge in [0.15, 0.2) is 0 Å². The Bertz CT molecular complexity index is 818. The van der Waals surface area contributed by atoms with Crippen LogP contribution in [0.3, 0.4) is 0 Å². The highest BCUT2D eigenvalue weighted by Crippen LogP contribution is 2.32. The number of ether oxygens (including phenoxy) is 1. The fourth-order valence-electron chi connectivity index (χ4n) is 3.79. The van der Waals surface area contributed by atoms with Gasteiger partial charge in [-0.15, -0.1) is 0 Å². The van der Waals surface area contributed by atoms with Crippen LogP contribution in [0.1, 0.15) is 19.3 Å². The van der Waals surface area contributed by atoms with E-state index in [9.17, 15) is 9.59 Å². The molecule has 2 fully saturated rings. The maximum Gasteiger partial charge on any atom is 0.410 e. The Hall–Kier alpha value is -2.96. The van der Waals surface area contributed by atoms with E-state index < -0.39 is 5.60 Å². The number of nitrogens with zero attached hydrogens (tertiary/aromatic N) is 2. The van der Waals surface area contributed by atoms with Crippen LogP contribution in [-0.2, 0) is 4.74 Å². The fourth-order valence-corrected chi connectivity index (χ4v) is 3.79. The largest absolute Gasteiger partial charge is 0.464 e. The van der Waals surface area contributed by atoms with Crippen molar-refractivity contribution in [1.82, 2.24) is 9.80 Å². The molecule has 0 saturated carbocycles.